The van der Waals surface area contributed by atoms with E-state index in [2.05, 4.69) is 31.4 Å². The molecule has 3 aromatic rings. The van der Waals surface area contributed by atoms with Gasteiger partial charge in [0.25, 0.3) is 5.91 Å². The quantitative estimate of drug-likeness (QED) is 0.760. The zero-order valence-electron chi connectivity index (χ0n) is 11.1. The van der Waals surface area contributed by atoms with E-state index in [1.54, 1.807) is 6.20 Å². The van der Waals surface area contributed by atoms with Crippen LogP contribution < -0.4 is 5.32 Å². The molecule has 2 N–H and O–H groups in total. The minimum Gasteiger partial charge on any atom is -0.339 e. The number of aromatic amines is 1. The van der Waals surface area contributed by atoms with Crippen LogP contribution >= 0.6 is 15.9 Å². The summed E-state index contributed by atoms with van der Waals surface area (Å²) in [6, 6.07) is 8.06. The molecule has 2 aromatic heterocycles. The Balaban J connectivity index is 1.68. The summed E-state index contributed by atoms with van der Waals surface area (Å²) in [6.45, 7) is 0. The molecule has 1 aliphatic rings. The summed E-state index contributed by atoms with van der Waals surface area (Å²) < 4.78 is 2.98. The summed E-state index contributed by atoms with van der Waals surface area (Å²) in [4.78, 5) is 12.6. The maximum absolute atomic E-state index is 12.6. The van der Waals surface area contributed by atoms with Gasteiger partial charge in [0.1, 0.15) is 5.69 Å². The van der Waals surface area contributed by atoms with Gasteiger partial charge in [0, 0.05) is 22.1 Å². The van der Waals surface area contributed by atoms with Crippen molar-refractivity contribution in [2.45, 2.75) is 18.9 Å². The topological polar surface area (TPSA) is 62.7 Å². The van der Waals surface area contributed by atoms with Gasteiger partial charge >= 0.3 is 0 Å². The third kappa shape index (κ3) is 2.25. The van der Waals surface area contributed by atoms with E-state index in [-0.39, 0.29) is 5.91 Å². The van der Waals surface area contributed by atoms with Crippen molar-refractivity contribution in [2.75, 3.05) is 5.32 Å². The number of fused-ring (bicyclic) bond motifs is 1. The maximum Gasteiger partial charge on any atom is 0.272 e. The SMILES string of the molecule is O=C(Nc1cccc2cn[nH]c12)c1cc(Br)cn1C1CC1. The molecule has 0 aliphatic heterocycles. The number of nitrogens with one attached hydrogen (secondary N) is 2. The molecule has 1 aromatic carbocycles. The monoisotopic (exact) mass is 344 g/mol. The summed E-state index contributed by atoms with van der Waals surface area (Å²) in [5.41, 5.74) is 2.27. The van der Waals surface area contributed by atoms with E-state index in [0.717, 1.165) is 33.9 Å². The number of para-hydroxylation sites is 1. The van der Waals surface area contributed by atoms with Gasteiger partial charge < -0.3 is 9.88 Å². The van der Waals surface area contributed by atoms with Gasteiger partial charge in [0.05, 0.1) is 17.4 Å². The fraction of sp³-hybridized carbons (Fsp3) is 0.200. The van der Waals surface area contributed by atoms with Gasteiger partial charge in [0.2, 0.25) is 0 Å². The first kappa shape index (κ1) is 12.6. The number of nitrogens with zero attached hydrogens (tertiary/aromatic N) is 2. The van der Waals surface area contributed by atoms with Crippen LogP contribution in [0.15, 0.2) is 41.1 Å². The summed E-state index contributed by atoms with van der Waals surface area (Å²) in [7, 11) is 0. The number of carbonyl (C=O) groups excluding carboxylic acids is 1. The number of aromatic nitrogens is 3. The van der Waals surface area contributed by atoms with Crippen molar-refractivity contribution >= 4 is 38.4 Å². The molecular formula is C15H13BrN4O. The molecule has 0 radical (unpaired) electrons. The van der Waals surface area contributed by atoms with Crippen molar-refractivity contribution in [3.8, 4) is 0 Å². The van der Waals surface area contributed by atoms with Gasteiger partial charge in [-0.1, -0.05) is 12.1 Å². The van der Waals surface area contributed by atoms with Gasteiger partial charge in [0.15, 0.2) is 0 Å². The van der Waals surface area contributed by atoms with Crippen LogP contribution in [0.3, 0.4) is 0 Å². The molecule has 0 spiro atoms. The Hall–Kier alpha value is -2.08. The number of amides is 1. The van der Waals surface area contributed by atoms with Crippen LogP contribution in [0.4, 0.5) is 5.69 Å². The van der Waals surface area contributed by atoms with Gasteiger partial charge in [-0.05, 0) is 40.9 Å². The number of carbonyl (C=O) groups is 1. The molecule has 0 bridgehead atoms. The van der Waals surface area contributed by atoms with E-state index in [9.17, 15) is 4.79 Å². The van der Waals surface area contributed by atoms with Crippen LogP contribution in [0.5, 0.6) is 0 Å². The maximum atomic E-state index is 12.6. The highest BCUT2D eigenvalue weighted by molar-refractivity contribution is 9.10. The lowest BCUT2D eigenvalue weighted by atomic mass is 10.2. The minimum absolute atomic E-state index is 0.102. The zero-order valence-corrected chi connectivity index (χ0v) is 12.7. The van der Waals surface area contributed by atoms with Crippen molar-refractivity contribution in [1.29, 1.82) is 0 Å². The van der Waals surface area contributed by atoms with Crippen molar-refractivity contribution < 1.29 is 4.79 Å². The number of hydrogen-bond donors (Lipinski definition) is 2. The molecule has 0 atom stereocenters. The average molecular weight is 345 g/mol. The summed E-state index contributed by atoms with van der Waals surface area (Å²) in [6.07, 6.45) is 5.99. The van der Waals surface area contributed by atoms with Crippen molar-refractivity contribution in [2.24, 2.45) is 0 Å². The molecule has 6 heteroatoms. The minimum atomic E-state index is -0.102. The van der Waals surface area contributed by atoms with E-state index in [1.165, 1.54) is 0 Å². The molecule has 0 saturated heterocycles. The average Bonchev–Trinajstić information content (AvgIpc) is 3.06. The standard InChI is InChI=1S/C15H13BrN4O/c16-10-6-13(20(8-10)11-4-5-11)15(21)18-12-3-1-2-9-7-17-19-14(9)12/h1-3,6-8,11H,4-5H2,(H,17,19)(H,18,21). The molecule has 21 heavy (non-hydrogen) atoms. The number of hydrogen-bond acceptors (Lipinski definition) is 2. The molecule has 106 valence electrons. The predicted octanol–water partition coefficient (Wildman–Crippen LogP) is 3.71. The third-order valence-corrected chi connectivity index (χ3v) is 4.15. The summed E-state index contributed by atoms with van der Waals surface area (Å²) >= 11 is 3.45. The lowest BCUT2D eigenvalue weighted by Gasteiger charge is -2.09. The molecule has 1 fully saturated rings. The molecule has 4 rings (SSSR count). The highest BCUT2D eigenvalue weighted by Gasteiger charge is 2.27. The van der Waals surface area contributed by atoms with Gasteiger partial charge in [-0.15, -0.1) is 0 Å². The largest absolute Gasteiger partial charge is 0.339 e. The fourth-order valence-electron chi connectivity index (χ4n) is 2.54. The highest BCUT2D eigenvalue weighted by atomic mass is 79.9. The van der Waals surface area contributed by atoms with Gasteiger partial charge in [-0.25, -0.2) is 0 Å². The van der Waals surface area contributed by atoms with Crippen molar-refractivity contribution in [1.82, 2.24) is 14.8 Å². The molecule has 1 saturated carbocycles. The lowest BCUT2D eigenvalue weighted by Crippen LogP contribution is -2.16. The first-order valence-corrected chi connectivity index (χ1v) is 7.62. The van der Waals surface area contributed by atoms with E-state index < -0.39 is 0 Å². The van der Waals surface area contributed by atoms with E-state index in [1.807, 2.05) is 35.0 Å². The number of benzene rings is 1. The second-order valence-electron chi connectivity index (χ2n) is 5.28. The van der Waals surface area contributed by atoms with E-state index in [4.69, 9.17) is 0 Å². The molecule has 1 aliphatic carbocycles. The molecule has 2 heterocycles. The molecular weight excluding hydrogens is 332 g/mol. The van der Waals surface area contributed by atoms with Gasteiger partial charge in [-0.2, -0.15) is 5.10 Å². The normalized spacial score (nSPS) is 14.5. The Morgan fingerprint density at radius 3 is 3.10 bits per heavy atom. The fourth-order valence-corrected chi connectivity index (χ4v) is 2.98. The van der Waals surface area contributed by atoms with Crippen LogP contribution in [0.25, 0.3) is 10.9 Å². The Kier molecular flexibility index (Phi) is 2.85. The van der Waals surface area contributed by atoms with Crippen LogP contribution in [-0.4, -0.2) is 20.7 Å². The van der Waals surface area contributed by atoms with Crippen LogP contribution in [0.1, 0.15) is 29.4 Å². The van der Waals surface area contributed by atoms with Crippen LogP contribution in [-0.2, 0) is 0 Å². The smallest absolute Gasteiger partial charge is 0.272 e. The highest BCUT2D eigenvalue weighted by Crippen LogP contribution is 2.37. The van der Waals surface area contributed by atoms with Crippen LogP contribution in [0, 0.1) is 0 Å². The van der Waals surface area contributed by atoms with Gasteiger partial charge in [-0.3, -0.25) is 9.89 Å². The Labute approximate surface area is 129 Å². The number of anilines is 1. The van der Waals surface area contributed by atoms with Crippen LogP contribution in [0.2, 0.25) is 0 Å². The molecule has 1 amide bonds. The Morgan fingerprint density at radius 1 is 1.43 bits per heavy atom. The number of rotatable bonds is 3. The van der Waals surface area contributed by atoms with Crippen molar-refractivity contribution in [3.63, 3.8) is 0 Å². The van der Waals surface area contributed by atoms with E-state index >= 15 is 0 Å². The second kappa shape index (κ2) is 4.73. The number of halogens is 1. The third-order valence-electron chi connectivity index (χ3n) is 3.71. The van der Waals surface area contributed by atoms with Crippen molar-refractivity contribution in [3.05, 3.63) is 46.8 Å². The zero-order chi connectivity index (χ0) is 14.4. The number of H-pyrrole nitrogens is 1. The first-order valence-electron chi connectivity index (χ1n) is 6.83. The molecule has 5 nitrogen and oxygen atoms in total. The second-order valence-corrected chi connectivity index (χ2v) is 6.19. The Morgan fingerprint density at radius 2 is 2.29 bits per heavy atom. The van der Waals surface area contributed by atoms with E-state index in [0.29, 0.717) is 11.7 Å². The molecule has 0 unspecified atom stereocenters. The lowest BCUT2D eigenvalue weighted by molar-refractivity contribution is 0.101. The Bertz CT molecular complexity index is 831. The predicted molar refractivity (Wildman–Crippen MR) is 84.4 cm³/mol. The summed E-state index contributed by atoms with van der Waals surface area (Å²) in [5.74, 6) is -0.102. The summed E-state index contributed by atoms with van der Waals surface area (Å²) in [5, 5.41) is 10.9. The first-order chi connectivity index (χ1) is 10.2.